The third-order valence-corrected chi connectivity index (χ3v) is 7.00. The van der Waals surface area contributed by atoms with E-state index in [1.54, 1.807) is 36.4 Å². The lowest BCUT2D eigenvalue weighted by Gasteiger charge is -2.35. The van der Waals surface area contributed by atoms with Crippen LogP contribution in [0.1, 0.15) is 55.0 Å². The normalized spacial score (nSPS) is 13.3. The van der Waals surface area contributed by atoms with Crippen molar-refractivity contribution in [3.8, 4) is 11.5 Å². The number of benzene rings is 4. The first-order valence-corrected chi connectivity index (χ1v) is 14.3. The van der Waals surface area contributed by atoms with Crippen molar-refractivity contribution in [1.29, 1.82) is 0 Å². The molecule has 10 heteroatoms. The Balaban J connectivity index is 0.000000355. The van der Waals surface area contributed by atoms with E-state index in [4.69, 9.17) is 10.5 Å². The van der Waals surface area contributed by atoms with E-state index in [2.05, 4.69) is 4.74 Å². The van der Waals surface area contributed by atoms with E-state index in [0.717, 1.165) is 18.1 Å². The third-order valence-electron chi connectivity index (χ3n) is 7.00. The first-order valence-electron chi connectivity index (χ1n) is 14.3. The molecule has 0 saturated heterocycles. The summed E-state index contributed by atoms with van der Waals surface area (Å²) >= 11 is 0. The van der Waals surface area contributed by atoms with Crippen LogP contribution >= 0.6 is 0 Å². The molecule has 0 spiro atoms. The Morgan fingerprint density at radius 2 is 1.09 bits per heavy atom. The highest BCUT2D eigenvalue weighted by Gasteiger charge is 2.36. The predicted molar refractivity (Wildman–Crippen MR) is 161 cm³/mol. The van der Waals surface area contributed by atoms with E-state index >= 15 is 0 Å². The average molecular weight is 636 g/mol. The minimum Gasteiger partial charge on any atom is -0.433 e. The topological polar surface area (TPSA) is 44.5 Å². The zero-order chi connectivity index (χ0) is 33.3. The van der Waals surface area contributed by atoms with Crippen molar-refractivity contribution >= 4 is 0 Å². The van der Waals surface area contributed by atoms with Crippen LogP contribution in [0, 0.1) is 0 Å². The molecule has 0 amide bonds. The van der Waals surface area contributed by atoms with Gasteiger partial charge in [-0.25, -0.2) is 8.78 Å². The molecule has 4 aromatic carbocycles. The van der Waals surface area contributed by atoms with E-state index in [1.807, 2.05) is 43.3 Å². The standard InChI is InChI=1S/C25H23F5O2.C10H13F2N/c1-3-24(17-18-9-5-4-6-10-18,19-11-7-13-21(15-19)31-23(2,26)27)20-12-8-14-22(16-20)32-25(28,29)30;1-10(11,12)6-8-3-2-4-9(5-8)7-13/h4-16H,3,17H2,1-2H3;2-5H,6-7,13H2,1H3. The summed E-state index contributed by atoms with van der Waals surface area (Å²) in [5.74, 6) is -3.01. The van der Waals surface area contributed by atoms with Crippen LogP contribution in [0.15, 0.2) is 103 Å². The Labute approximate surface area is 258 Å². The molecule has 0 aliphatic heterocycles. The van der Waals surface area contributed by atoms with Crippen LogP contribution in [-0.4, -0.2) is 18.4 Å². The van der Waals surface area contributed by atoms with Gasteiger partial charge in [0, 0.05) is 25.3 Å². The molecule has 0 saturated carbocycles. The van der Waals surface area contributed by atoms with Gasteiger partial charge in [-0.2, -0.15) is 8.78 Å². The highest BCUT2D eigenvalue weighted by molar-refractivity contribution is 5.46. The van der Waals surface area contributed by atoms with Crippen molar-refractivity contribution in [1.82, 2.24) is 0 Å². The third kappa shape index (κ3) is 11.4. The van der Waals surface area contributed by atoms with Crippen LogP contribution in [0.2, 0.25) is 0 Å². The molecule has 45 heavy (non-hydrogen) atoms. The van der Waals surface area contributed by atoms with Gasteiger partial charge in [0.25, 0.3) is 0 Å². The number of ether oxygens (including phenoxy) is 2. The Kier molecular flexibility index (Phi) is 11.7. The number of halogens is 7. The molecular formula is C35H36F7NO2. The quantitative estimate of drug-likeness (QED) is 0.167. The first kappa shape index (κ1) is 35.4. The number of alkyl halides is 7. The van der Waals surface area contributed by atoms with Gasteiger partial charge in [0.05, 0.1) is 0 Å². The summed E-state index contributed by atoms with van der Waals surface area (Å²) in [6.07, 6.45) is -7.49. The number of hydrogen-bond acceptors (Lipinski definition) is 3. The summed E-state index contributed by atoms with van der Waals surface area (Å²) in [5.41, 5.74) is 8.28. The minimum atomic E-state index is -4.83. The maximum Gasteiger partial charge on any atom is 0.573 e. The van der Waals surface area contributed by atoms with Crippen molar-refractivity contribution in [3.05, 3.63) is 131 Å². The van der Waals surface area contributed by atoms with Gasteiger partial charge >= 0.3 is 12.5 Å². The summed E-state index contributed by atoms with van der Waals surface area (Å²) in [7, 11) is 0. The molecule has 4 aromatic rings. The molecule has 0 aromatic heterocycles. The van der Waals surface area contributed by atoms with E-state index in [-0.39, 0.29) is 17.9 Å². The molecule has 0 heterocycles. The Hall–Kier alpha value is -4.05. The molecule has 0 aliphatic carbocycles. The number of hydrogen-bond donors (Lipinski definition) is 1. The molecule has 3 nitrogen and oxygen atoms in total. The summed E-state index contributed by atoms with van der Waals surface area (Å²) in [5, 5.41) is 0. The highest BCUT2D eigenvalue weighted by Crippen LogP contribution is 2.42. The largest absolute Gasteiger partial charge is 0.573 e. The summed E-state index contributed by atoms with van der Waals surface area (Å²) in [4.78, 5) is 0. The van der Waals surface area contributed by atoms with Crippen LogP contribution in [0.3, 0.4) is 0 Å². The molecule has 0 radical (unpaired) electrons. The first-order chi connectivity index (χ1) is 21.0. The van der Waals surface area contributed by atoms with Gasteiger partial charge in [-0.1, -0.05) is 85.8 Å². The molecule has 0 bridgehead atoms. The second-order valence-electron chi connectivity index (χ2n) is 10.9. The van der Waals surface area contributed by atoms with Gasteiger partial charge in [-0.05, 0) is 71.8 Å². The lowest BCUT2D eigenvalue weighted by Crippen LogP contribution is -2.30. The van der Waals surface area contributed by atoms with E-state index in [9.17, 15) is 30.7 Å². The molecule has 1 unspecified atom stereocenters. The summed E-state index contributed by atoms with van der Waals surface area (Å²) in [6, 6.07) is 28.5. The monoisotopic (exact) mass is 635 g/mol. The second-order valence-corrected chi connectivity index (χ2v) is 10.9. The molecular weight excluding hydrogens is 599 g/mol. The highest BCUT2D eigenvalue weighted by atomic mass is 19.4. The zero-order valence-electron chi connectivity index (χ0n) is 25.2. The number of nitrogens with two attached hydrogens (primary N) is 1. The molecule has 2 N–H and O–H groups in total. The second kappa shape index (κ2) is 14.8. The molecule has 1 atom stereocenters. The number of rotatable bonds is 11. The molecule has 242 valence electrons. The Bertz CT molecular complexity index is 1440. The van der Waals surface area contributed by atoms with Gasteiger partial charge in [0.15, 0.2) is 0 Å². The van der Waals surface area contributed by atoms with Crippen LogP contribution in [0.5, 0.6) is 11.5 Å². The van der Waals surface area contributed by atoms with Crippen molar-refractivity contribution in [2.45, 2.75) is 70.4 Å². The smallest absolute Gasteiger partial charge is 0.433 e. The van der Waals surface area contributed by atoms with E-state index in [1.165, 1.54) is 30.3 Å². The Morgan fingerprint density at radius 1 is 0.578 bits per heavy atom. The van der Waals surface area contributed by atoms with Crippen LogP contribution < -0.4 is 15.2 Å². The SMILES string of the molecule is CC(F)(F)Cc1cccc(CN)c1.CCC(Cc1ccccc1)(c1cccc(OC(C)(F)F)c1)c1cccc(OC(F)(F)F)c1. The van der Waals surface area contributed by atoms with Crippen LogP contribution in [0.25, 0.3) is 0 Å². The fourth-order valence-corrected chi connectivity index (χ4v) is 5.13. The molecule has 0 aliphatic rings. The van der Waals surface area contributed by atoms with Crippen molar-refractivity contribution < 1.29 is 40.2 Å². The van der Waals surface area contributed by atoms with Gasteiger partial charge in [-0.3, -0.25) is 0 Å². The lowest BCUT2D eigenvalue weighted by molar-refractivity contribution is -0.274. The van der Waals surface area contributed by atoms with Gasteiger partial charge in [-0.15, -0.1) is 13.2 Å². The maximum atomic E-state index is 13.5. The van der Waals surface area contributed by atoms with Crippen molar-refractivity contribution in [2.75, 3.05) is 0 Å². The van der Waals surface area contributed by atoms with Crippen molar-refractivity contribution in [2.24, 2.45) is 5.73 Å². The van der Waals surface area contributed by atoms with Gasteiger partial charge in [0.2, 0.25) is 5.92 Å². The van der Waals surface area contributed by atoms with E-state index < -0.39 is 23.8 Å². The average Bonchev–Trinajstić information content (AvgIpc) is 2.94. The van der Waals surface area contributed by atoms with E-state index in [0.29, 0.717) is 43.0 Å². The van der Waals surface area contributed by atoms with Gasteiger partial charge < -0.3 is 15.2 Å². The van der Waals surface area contributed by atoms with Crippen LogP contribution in [0.4, 0.5) is 30.7 Å². The fourth-order valence-electron chi connectivity index (χ4n) is 5.13. The lowest BCUT2D eigenvalue weighted by atomic mass is 9.68. The predicted octanol–water partition coefficient (Wildman–Crippen LogP) is 9.86. The summed E-state index contributed by atoms with van der Waals surface area (Å²) in [6.45, 7) is 3.86. The molecule has 0 fully saturated rings. The van der Waals surface area contributed by atoms with Crippen LogP contribution in [-0.2, 0) is 24.8 Å². The fraction of sp³-hybridized carbons (Fsp3) is 0.314. The minimum absolute atomic E-state index is 0.0245. The maximum absolute atomic E-state index is 13.5. The zero-order valence-corrected chi connectivity index (χ0v) is 25.2. The summed E-state index contributed by atoms with van der Waals surface area (Å²) < 4.78 is 99.5. The van der Waals surface area contributed by atoms with Gasteiger partial charge in [0.1, 0.15) is 11.5 Å². The van der Waals surface area contributed by atoms with Crippen molar-refractivity contribution in [3.63, 3.8) is 0 Å². The Morgan fingerprint density at radius 3 is 1.58 bits per heavy atom. The molecule has 4 rings (SSSR count).